The fraction of sp³-hybridized carbons (Fsp3) is 0.476. The van der Waals surface area contributed by atoms with Crippen LogP contribution < -0.4 is 10.6 Å². The van der Waals surface area contributed by atoms with E-state index in [1.54, 1.807) is 12.1 Å². The average molecular weight is 399 g/mol. The van der Waals surface area contributed by atoms with Crippen LogP contribution >= 0.6 is 0 Å². The Labute approximate surface area is 169 Å². The van der Waals surface area contributed by atoms with E-state index in [9.17, 15) is 14.3 Å². The van der Waals surface area contributed by atoms with Crippen LogP contribution in [0.3, 0.4) is 0 Å². The van der Waals surface area contributed by atoms with Crippen LogP contribution in [-0.2, 0) is 4.79 Å². The second kappa shape index (κ2) is 8.14. The van der Waals surface area contributed by atoms with Gasteiger partial charge in [-0.3, -0.25) is 4.90 Å². The molecule has 1 aliphatic carbocycles. The van der Waals surface area contributed by atoms with Gasteiger partial charge in [-0.2, -0.15) is 0 Å². The Bertz CT molecular complexity index is 870. The topological polar surface area (TPSA) is 95.6 Å². The molecule has 29 heavy (non-hydrogen) atoms. The Hall–Kier alpha value is -2.42. The highest BCUT2D eigenvalue weighted by Crippen LogP contribution is 2.43. The van der Waals surface area contributed by atoms with Crippen molar-refractivity contribution in [3.8, 4) is 0 Å². The quantitative estimate of drug-likeness (QED) is 0.737. The molecule has 3 N–H and O–H groups in total. The van der Waals surface area contributed by atoms with E-state index in [0.29, 0.717) is 19.5 Å². The van der Waals surface area contributed by atoms with Crippen LogP contribution in [0.5, 0.6) is 0 Å². The van der Waals surface area contributed by atoms with Crippen LogP contribution in [0.1, 0.15) is 48.2 Å². The first-order valence-electron chi connectivity index (χ1n) is 9.97. The monoisotopic (exact) mass is 399 g/mol. The lowest BCUT2D eigenvalue weighted by Crippen LogP contribution is -2.52. The predicted molar refractivity (Wildman–Crippen MR) is 107 cm³/mol. The van der Waals surface area contributed by atoms with Crippen LogP contribution in [-0.4, -0.2) is 58.5 Å². The molecule has 2 aliphatic rings. The fourth-order valence-corrected chi connectivity index (χ4v) is 4.58. The number of aromatic nitrogens is 2. The number of aliphatic hydroxyl groups is 1. The summed E-state index contributed by atoms with van der Waals surface area (Å²) in [4.78, 5) is 24.6. The number of hydrogen-bond acceptors (Lipinski definition) is 7. The molecular formula is C21H26FN5O2. The summed E-state index contributed by atoms with van der Waals surface area (Å²) in [5.74, 6) is 0.785. The van der Waals surface area contributed by atoms with Gasteiger partial charge in [0.25, 0.3) is 0 Å². The first-order valence-corrected chi connectivity index (χ1v) is 9.97. The summed E-state index contributed by atoms with van der Waals surface area (Å²) in [7, 11) is 0. The molecule has 2 unspecified atom stereocenters. The van der Waals surface area contributed by atoms with Gasteiger partial charge in [0.15, 0.2) is 0 Å². The lowest BCUT2D eigenvalue weighted by molar-refractivity contribution is -0.110. The van der Waals surface area contributed by atoms with Gasteiger partial charge in [-0.15, -0.1) is 0 Å². The summed E-state index contributed by atoms with van der Waals surface area (Å²) >= 11 is 0. The highest BCUT2D eigenvalue weighted by Gasteiger charge is 2.35. The largest absolute Gasteiger partial charge is 0.387 e. The molecule has 0 bridgehead atoms. The molecule has 1 aromatic heterocycles. The number of aldehydes is 1. The van der Waals surface area contributed by atoms with Crippen molar-refractivity contribution in [1.82, 2.24) is 14.9 Å². The van der Waals surface area contributed by atoms with E-state index >= 15 is 0 Å². The second-order valence-electron chi connectivity index (χ2n) is 7.88. The number of halogens is 1. The molecule has 0 amide bonds. The van der Waals surface area contributed by atoms with E-state index in [1.165, 1.54) is 18.5 Å². The van der Waals surface area contributed by atoms with Crippen LogP contribution in [0, 0.1) is 5.82 Å². The Morgan fingerprint density at radius 1 is 1.21 bits per heavy atom. The minimum Gasteiger partial charge on any atom is -0.387 e. The number of piperazine rings is 1. The molecule has 1 fully saturated rings. The molecule has 0 saturated carbocycles. The number of carbonyl (C=O) groups is 1. The molecule has 7 nitrogen and oxygen atoms in total. The summed E-state index contributed by atoms with van der Waals surface area (Å²) in [6, 6.07) is 5.18. The van der Waals surface area contributed by atoms with E-state index in [4.69, 9.17) is 5.73 Å². The molecule has 1 aliphatic heterocycles. The van der Waals surface area contributed by atoms with Gasteiger partial charge in [-0.05, 0) is 30.0 Å². The summed E-state index contributed by atoms with van der Waals surface area (Å²) in [6.07, 6.45) is 2.41. The molecule has 1 aromatic carbocycles. The van der Waals surface area contributed by atoms with Crippen molar-refractivity contribution >= 4 is 12.1 Å². The zero-order chi connectivity index (χ0) is 20.5. The molecule has 4 rings (SSSR count). The molecule has 4 atom stereocenters. The molecule has 0 spiro atoms. The van der Waals surface area contributed by atoms with E-state index < -0.39 is 12.1 Å². The van der Waals surface area contributed by atoms with Crippen molar-refractivity contribution in [1.29, 1.82) is 0 Å². The number of nitrogens with two attached hydrogens (primary N) is 1. The SMILES string of the molecule is C[C@@H]1C[C@H](O)c2ncnc(N3CCN(C(c4ccc(F)cc4)C(N)C=O)CC3)c21. The van der Waals surface area contributed by atoms with Gasteiger partial charge in [-0.25, -0.2) is 14.4 Å². The van der Waals surface area contributed by atoms with E-state index in [2.05, 4.69) is 26.7 Å². The number of benzene rings is 1. The summed E-state index contributed by atoms with van der Waals surface area (Å²) in [5, 5.41) is 10.2. The van der Waals surface area contributed by atoms with Gasteiger partial charge in [0.2, 0.25) is 0 Å². The number of rotatable bonds is 5. The summed E-state index contributed by atoms with van der Waals surface area (Å²) in [5.41, 5.74) is 8.71. The van der Waals surface area contributed by atoms with Crippen LogP contribution in [0.15, 0.2) is 30.6 Å². The number of aliphatic hydroxyl groups excluding tert-OH is 1. The van der Waals surface area contributed by atoms with Gasteiger partial charge in [0, 0.05) is 31.7 Å². The van der Waals surface area contributed by atoms with Crippen molar-refractivity contribution < 1.29 is 14.3 Å². The Morgan fingerprint density at radius 2 is 1.90 bits per heavy atom. The van der Waals surface area contributed by atoms with Crippen molar-refractivity contribution in [2.45, 2.75) is 37.5 Å². The van der Waals surface area contributed by atoms with Crippen LogP contribution in [0.2, 0.25) is 0 Å². The minimum atomic E-state index is -0.689. The molecule has 2 aromatic rings. The lowest BCUT2D eigenvalue weighted by Gasteiger charge is -2.41. The average Bonchev–Trinajstić information content (AvgIpc) is 3.04. The van der Waals surface area contributed by atoms with Gasteiger partial charge >= 0.3 is 0 Å². The predicted octanol–water partition coefficient (Wildman–Crippen LogP) is 1.55. The Morgan fingerprint density at radius 3 is 2.55 bits per heavy atom. The third kappa shape index (κ3) is 3.75. The summed E-state index contributed by atoms with van der Waals surface area (Å²) in [6.45, 7) is 4.91. The van der Waals surface area contributed by atoms with Crippen LogP contribution in [0.4, 0.5) is 10.2 Å². The van der Waals surface area contributed by atoms with Crippen molar-refractivity contribution in [3.63, 3.8) is 0 Å². The minimum absolute atomic E-state index is 0.213. The van der Waals surface area contributed by atoms with Crippen molar-refractivity contribution in [3.05, 3.63) is 53.2 Å². The maximum Gasteiger partial charge on any atom is 0.138 e. The number of anilines is 1. The molecule has 154 valence electrons. The maximum absolute atomic E-state index is 13.3. The molecule has 1 saturated heterocycles. The number of nitrogens with zero attached hydrogens (tertiary/aromatic N) is 4. The highest BCUT2D eigenvalue weighted by atomic mass is 19.1. The standard InChI is InChI=1S/C21H26FN5O2/c1-13-10-17(29)19-18(13)21(25-12-24-19)27-8-6-26(7-9-27)20(16(23)11-28)14-2-4-15(22)5-3-14/h2-5,11-13,16-17,20,29H,6-10,23H2,1H3/t13-,16?,17+,20?/m1/s1. The lowest BCUT2D eigenvalue weighted by atomic mass is 9.98. The maximum atomic E-state index is 13.3. The number of hydrogen-bond donors (Lipinski definition) is 2. The van der Waals surface area contributed by atoms with Gasteiger partial charge in [0.1, 0.15) is 24.2 Å². The summed E-state index contributed by atoms with van der Waals surface area (Å²) < 4.78 is 13.3. The van der Waals surface area contributed by atoms with E-state index in [1.807, 2.05) is 0 Å². The first-order chi connectivity index (χ1) is 14.0. The van der Waals surface area contributed by atoms with Crippen molar-refractivity contribution in [2.24, 2.45) is 5.73 Å². The third-order valence-corrected chi connectivity index (χ3v) is 6.02. The van der Waals surface area contributed by atoms with Crippen molar-refractivity contribution in [2.75, 3.05) is 31.1 Å². The molecule has 8 heteroatoms. The molecule has 2 heterocycles. The smallest absolute Gasteiger partial charge is 0.138 e. The second-order valence-corrected chi connectivity index (χ2v) is 7.88. The van der Waals surface area contributed by atoms with Gasteiger partial charge in [0.05, 0.1) is 23.9 Å². The zero-order valence-corrected chi connectivity index (χ0v) is 16.4. The normalized spacial score (nSPS) is 24.2. The van der Waals surface area contributed by atoms with E-state index in [-0.39, 0.29) is 17.8 Å². The number of carbonyl (C=O) groups excluding carboxylic acids is 1. The van der Waals surface area contributed by atoms with Crippen LogP contribution in [0.25, 0.3) is 0 Å². The first kappa shape index (κ1) is 19.9. The molecule has 0 radical (unpaired) electrons. The van der Waals surface area contributed by atoms with Gasteiger partial charge in [-0.1, -0.05) is 19.1 Å². The zero-order valence-electron chi connectivity index (χ0n) is 16.4. The van der Waals surface area contributed by atoms with Gasteiger partial charge < -0.3 is 20.5 Å². The fourth-order valence-electron chi connectivity index (χ4n) is 4.58. The Balaban J connectivity index is 1.53. The highest BCUT2D eigenvalue weighted by molar-refractivity contribution is 5.59. The third-order valence-electron chi connectivity index (χ3n) is 6.02. The van der Waals surface area contributed by atoms with E-state index in [0.717, 1.165) is 42.0 Å². The number of fused-ring (bicyclic) bond motifs is 1. The molecular weight excluding hydrogens is 373 g/mol. The Kier molecular flexibility index (Phi) is 5.58.